The van der Waals surface area contributed by atoms with Crippen LogP contribution in [-0.2, 0) is 6.42 Å². The Bertz CT molecular complexity index is 457. The molecule has 0 aromatic carbocycles. The van der Waals surface area contributed by atoms with Crippen LogP contribution in [0, 0.1) is 0 Å². The van der Waals surface area contributed by atoms with Gasteiger partial charge in [-0.3, -0.25) is 14.9 Å². The van der Waals surface area contributed by atoms with Crippen molar-refractivity contribution in [2.24, 2.45) is 4.99 Å². The van der Waals surface area contributed by atoms with Crippen molar-refractivity contribution in [3.8, 4) is 0 Å². The Balaban J connectivity index is 0.00000264. The summed E-state index contributed by atoms with van der Waals surface area (Å²) in [5.74, 6) is 0.871. The van der Waals surface area contributed by atoms with Crippen molar-refractivity contribution < 1.29 is 0 Å². The molecule has 0 bridgehead atoms. The Kier molecular flexibility index (Phi) is 9.47. The average Bonchev–Trinajstić information content (AvgIpc) is 3.35. The van der Waals surface area contributed by atoms with E-state index in [1.54, 1.807) is 0 Å². The number of rotatable bonds is 8. The molecule has 1 aliphatic carbocycles. The number of hydrogen-bond acceptors (Lipinski definition) is 3. The van der Waals surface area contributed by atoms with E-state index in [2.05, 4.69) is 39.4 Å². The van der Waals surface area contributed by atoms with Gasteiger partial charge in [0.1, 0.15) is 0 Å². The summed E-state index contributed by atoms with van der Waals surface area (Å²) in [5, 5.41) is 6.75. The second-order valence-corrected chi connectivity index (χ2v) is 6.06. The van der Waals surface area contributed by atoms with Gasteiger partial charge in [-0.25, -0.2) is 0 Å². The molecule has 1 saturated carbocycles. The highest BCUT2D eigenvalue weighted by Gasteiger charge is 2.29. The van der Waals surface area contributed by atoms with Crippen LogP contribution in [0.4, 0.5) is 0 Å². The zero-order valence-corrected chi connectivity index (χ0v) is 16.8. The first-order valence-electron chi connectivity index (χ1n) is 8.31. The SMILES string of the molecule is CN=C(NCCc1ccccn1)NCCN(C(C)C)C1CC1.I. The Morgan fingerprint density at radius 3 is 2.61 bits per heavy atom. The molecule has 2 rings (SSSR count). The van der Waals surface area contributed by atoms with Crippen LogP contribution in [0.5, 0.6) is 0 Å². The Labute approximate surface area is 157 Å². The van der Waals surface area contributed by atoms with Gasteiger partial charge < -0.3 is 10.6 Å². The molecule has 6 heteroatoms. The number of aliphatic imine (C=N–C) groups is 1. The minimum Gasteiger partial charge on any atom is -0.356 e. The lowest BCUT2D eigenvalue weighted by Crippen LogP contribution is -2.44. The second kappa shape index (κ2) is 10.8. The third-order valence-corrected chi connectivity index (χ3v) is 3.96. The summed E-state index contributed by atoms with van der Waals surface area (Å²) in [6.07, 6.45) is 5.45. The smallest absolute Gasteiger partial charge is 0.191 e. The Hall–Kier alpha value is -0.890. The van der Waals surface area contributed by atoms with Gasteiger partial charge in [-0.05, 0) is 38.8 Å². The Morgan fingerprint density at radius 1 is 1.30 bits per heavy atom. The largest absolute Gasteiger partial charge is 0.356 e. The molecule has 1 aliphatic rings. The van der Waals surface area contributed by atoms with Crippen LogP contribution in [0.3, 0.4) is 0 Å². The fourth-order valence-corrected chi connectivity index (χ4v) is 2.65. The van der Waals surface area contributed by atoms with Crippen molar-refractivity contribution in [1.29, 1.82) is 0 Å². The normalized spacial score (nSPS) is 14.7. The number of nitrogens with one attached hydrogen (secondary N) is 2. The van der Waals surface area contributed by atoms with E-state index in [4.69, 9.17) is 0 Å². The number of guanidine groups is 1. The Morgan fingerprint density at radius 2 is 2.04 bits per heavy atom. The molecule has 23 heavy (non-hydrogen) atoms. The summed E-state index contributed by atoms with van der Waals surface area (Å²) in [6, 6.07) is 7.44. The number of halogens is 1. The maximum absolute atomic E-state index is 4.33. The molecule has 0 radical (unpaired) electrons. The molecule has 1 aromatic heterocycles. The minimum atomic E-state index is 0. The van der Waals surface area contributed by atoms with Gasteiger partial charge in [-0.15, -0.1) is 24.0 Å². The van der Waals surface area contributed by atoms with Crippen molar-refractivity contribution >= 4 is 29.9 Å². The second-order valence-electron chi connectivity index (χ2n) is 6.06. The van der Waals surface area contributed by atoms with Crippen molar-refractivity contribution in [2.75, 3.05) is 26.7 Å². The predicted octanol–water partition coefficient (Wildman–Crippen LogP) is 2.28. The summed E-state index contributed by atoms with van der Waals surface area (Å²) in [4.78, 5) is 11.2. The molecule has 0 amide bonds. The maximum Gasteiger partial charge on any atom is 0.191 e. The van der Waals surface area contributed by atoms with Crippen molar-refractivity contribution in [3.05, 3.63) is 30.1 Å². The highest BCUT2D eigenvalue weighted by Crippen LogP contribution is 2.27. The molecule has 1 fully saturated rings. The van der Waals surface area contributed by atoms with E-state index in [9.17, 15) is 0 Å². The first kappa shape index (κ1) is 20.2. The van der Waals surface area contributed by atoms with Crippen LogP contribution < -0.4 is 10.6 Å². The van der Waals surface area contributed by atoms with Gasteiger partial charge in [-0.1, -0.05) is 6.07 Å². The molecule has 5 nitrogen and oxygen atoms in total. The van der Waals surface area contributed by atoms with Crippen molar-refractivity contribution in [2.45, 2.75) is 45.2 Å². The van der Waals surface area contributed by atoms with Gasteiger partial charge in [0, 0.05) is 57.1 Å². The molecule has 130 valence electrons. The summed E-state index contributed by atoms with van der Waals surface area (Å²) >= 11 is 0. The molecular formula is C17H30IN5. The molecule has 0 atom stereocenters. The van der Waals surface area contributed by atoms with Crippen LogP contribution >= 0.6 is 24.0 Å². The lowest BCUT2D eigenvalue weighted by atomic mass is 10.3. The number of aromatic nitrogens is 1. The highest BCUT2D eigenvalue weighted by atomic mass is 127. The van der Waals surface area contributed by atoms with Crippen LogP contribution in [-0.4, -0.2) is 54.6 Å². The first-order chi connectivity index (χ1) is 10.7. The molecule has 1 aromatic rings. The average molecular weight is 431 g/mol. The van der Waals surface area contributed by atoms with Gasteiger partial charge in [0.25, 0.3) is 0 Å². The van der Waals surface area contributed by atoms with Gasteiger partial charge in [-0.2, -0.15) is 0 Å². The maximum atomic E-state index is 4.33. The molecular weight excluding hydrogens is 401 g/mol. The minimum absolute atomic E-state index is 0. The lowest BCUT2D eigenvalue weighted by molar-refractivity contribution is 0.215. The number of nitrogens with zero attached hydrogens (tertiary/aromatic N) is 3. The molecule has 2 N–H and O–H groups in total. The van der Waals surface area contributed by atoms with Gasteiger partial charge in [0.15, 0.2) is 5.96 Å². The highest BCUT2D eigenvalue weighted by molar-refractivity contribution is 14.0. The molecule has 1 heterocycles. The van der Waals surface area contributed by atoms with Gasteiger partial charge in [0.05, 0.1) is 0 Å². The molecule has 0 aliphatic heterocycles. The summed E-state index contributed by atoms with van der Waals surface area (Å²) in [5.41, 5.74) is 1.10. The van der Waals surface area contributed by atoms with Crippen LogP contribution in [0.15, 0.2) is 29.4 Å². The number of hydrogen-bond donors (Lipinski definition) is 2. The predicted molar refractivity (Wildman–Crippen MR) is 108 cm³/mol. The first-order valence-corrected chi connectivity index (χ1v) is 8.31. The van der Waals surface area contributed by atoms with Crippen molar-refractivity contribution in [3.63, 3.8) is 0 Å². The fraction of sp³-hybridized carbons (Fsp3) is 0.647. The summed E-state index contributed by atoms with van der Waals surface area (Å²) in [6.45, 7) is 7.39. The van der Waals surface area contributed by atoms with Gasteiger partial charge >= 0.3 is 0 Å². The van der Waals surface area contributed by atoms with E-state index in [1.807, 2.05) is 31.4 Å². The topological polar surface area (TPSA) is 52.6 Å². The molecule has 0 unspecified atom stereocenters. The van der Waals surface area contributed by atoms with Crippen LogP contribution in [0.2, 0.25) is 0 Å². The summed E-state index contributed by atoms with van der Waals surface area (Å²) in [7, 11) is 1.82. The van der Waals surface area contributed by atoms with Crippen molar-refractivity contribution in [1.82, 2.24) is 20.5 Å². The summed E-state index contributed by atoms with van der Waals surface area (Å²) < 4.78 is 0. The third-order valence-electron chi connectivity index (χ3n) is 3.96. The quantitative estimate of drug-likeness (QED) is 0.377. The molecule has 0 saturated heterocycles. The van der Waals surface area contributed by atoms with E-state index < -0.39 is 0 Å². The number of pyridine rings is 1. The third kappa shape index (κ3) is 7.48. The van der Waals surface area contributed by atoms with E-state index in [1.165, 1.54) is 12.8 Å². The zero-order chi connectivity index (χ0) is 15.8. The van der Waals surface area contributed by atoms with E-state index in [0.717, 1.165) is 43.8 Å². The fourth-order valence-electron chi connectivity index (χ4n) is 2.65. The van der Waals surface area contributed by atoms with E-state index in [-0.39, 0.29) is 24.0 Å². The molecule has 0 spiro atoms. The van der Waals surface area contributed by atoms with Gasteiger partial charge in [0.2, 0.25) is 0 Å². The zero-order valence-electron chi connectivity index (χ0n) is 14.5. The standard InChI is InChI=1S/C17H29N5.HI/c1-14(2)22(16-7-8-16)13-12-21-17(18-3)20-11-9-15-6-4-5-10-19-15;/h4-6,10,14,16H,7-9,11-13H2,1-3H3,(H2,18,20,21);1H. The lowest BCUT2D eigenvalue weighted by Gasteiger charge is -2.26. The van der Waals surface area contributed by atoms with E-state index >= 15 is 0 Å². The van der Waals surface area contributed by atoms with E-state index in [0.29, 0.717) is 6.04 Å². The van der Waals surface area contributed by atoms with Crippen LogP contribution in [0.1, 0.15) is 32.4 Å². The van der Waals surface area contributed by atoms with Crippen LogP contribution in [0.25, 0.3) is 0 Å². The monoisotopic (exact) mass is 431 g/mol.